The zero-order chi connectivity index (χ0) is 8.81. The molecule has 1 saturated heterocycles. The number of hydrogen-bond donors (Lipinski definition) is 0. The maximum atomic E-state index is 5.16. The van der Waals surface area contributed by atoms with E-state index >= 15 is 0 Å². The predicted octanol–water partition coefficient (Wildman–Crippen LogP) is 1.97. The zero-order valence-corrected chi connectivity index (χ0v) is 11.0. The van der Waals surface area contributed by atoms with Crippen LogP contribution in [0.1, 0.15) is 12.1 Å². The van der Waals surface area contributed by atoms with Gasteiger partial charge < -0.3 is 13.9 Å². The Morgan fingerprint density at radius 3 is 2.58 bits per heavy atom. The molecule has 0 radical (unpaired) electrons. The average molecular weight is 284 g/mol. The third-order valence-corrected chi connectivity index (χ3v) is 1.35. The van der Waals surface area contributed by atoms with Gasteiger partial charge in [0.15, 0.2) is 6.29 Å². The van der Waals surface area contributed by atoms with Gasteiger partial charge in [0.2, 0.25) is 0 Å². The van der Waals surface area contributed by atoms with Gasteiger partial charge in [-0.15, -0.1) is 6.07 Å². The molecule has 0 unspecified atom stereocenters. The van der Waals surface area contributed by atoms with Gasteiger partial charge in [0.05, 0.1) is 13.2 Å². The summed E-state index contributed by atoms with van der Waals surface area (Å²) in [4.78, 5) is 0. The van der Waals surface area contributed by atoms with Crippen molar-refractivity contribution in [3.63, 3.8) is 0 Å². The summed E-state index contributed by atoms with van der Waals surface area (Å²) >= 11 is 4.25. The van der Waals surface area contributed by atoms with E-state index in [1.807, 2.05) is 0 Å². The molecule has 3 nitrogen and oxygen atoms in total. The predicted molar refractivity (Wildman–Crippen MR) is 41.1 cm³/mol. The van der Waals surface area contributed by atoms with Crippen molar-refractivity contribution in [3.05, 3.63) is 24.2 Å². The molecule has 1 fully saturated rings. The number of halogens is 1. The summed E-state index contributed by atoms with van der Waals surface area (Å²) in [6, 6.07) is 3.48. The first-order chi connectivity index (χ1) is 5.97. The first-order valence-electron chi connectivity index (χ1n) is 3.42. The van der Waals surface area contributed by atoms with Gasteiger partial charge >= 0.3 is 30.0 Å². The van der Waals surface area contributed by atoms with Gasteiger partial charge in [-0.25, -0.2) is 0 Å². The van der Waals surface area contributed by atoms with Gasteiger partial charge in [-0.3, -0.25) is 0 Å². The van der Waals surface area contributed by atoms with Crippen molar-refractivity contribution in [1.82, 2.24) is 0 Å². The molecular formula is C7H7BrO3Zn. The summed E-state index contributed by atoms with van der Waals surface area (Å²) in [5, 5.41) is 0. The van der Waals surface area contributed by atoms with Crippen LogP contribution in [0.4, 0.5) is 0 Å². The largest absolute Gasteiger partial charge is 0.591 e. The van der Waals surface area contributed by atoms with Crippen LogP contribution in [-0.2, 0) is 25.8 Å². The number of rotatable bonds is 1. The van der Waals surface area contributed by atoms with Crippen LogP contribution >= 0.6 is 13.6 Å². The SMILES string of the molecule is [Zn+][Br].[c-]1ccc(C2OCCO2)o1. The van der Waals surface area contributed by atoms with E-state index < -0.39 is 0 Å². The molecule has 2 rings (SSSR count). The normalized spacial score (nSPS) is 17.2. The van der Waals surface area contributed by atoms with E-state index in [9.17, 15) is 0 Å². The summed E-state index contributed by atoms with van der Waals surface area (Å²) in [7, 11) is 0. The van der Waals surface area contributed by atoms with E-state index in [1.54, 1.807) is 12.1 Å². The Bertz CT molecular complexity index is 196. The van der Waals surface area contributed by atoms with E-state index in [4.69, 9.17) is 13.9 Å². The number of furan rings is 1. The summed E-state index contributed by atoms with van der Waals surface area (Å²) in [5.41, 5.74) is 0. The first-order valence-corrected chi connectivity index (χ1v) is 10.4. The molecule has 12 heavy (non-hydrogen) atoms. The van der Waals surface area contributed by atoms with E-state index in [1.165, 1.54) is 16.3 Å². The van der Waals surface area contributed by atoms with Gasteiger partial charge in [0, 0.05) is 0 Å². The smallest absolute Gasteiger partial charge is 0.158 e. The van der Waals surface area contributed by atoms with Crippen LogP contribution in [0, 0.1) is 6.26 Å². The van der Waals surface area contributed by atoms with Gasteiger partial charge in [-0.05, 0) is 12.0 Å². The molecule has 1 aliphatic heterocycles. The maximum absolute atomic E-state index is 5.16. The van der Waals surface area contributed by atoms with E-state index in [0.717, 1.165) is 0 Å². The quantitative estimate of drug-likeness (QED) is 0.584. The van der Waals surface area contributed by atoms with Gasteiger partial charge in [0.1, 0.15) is 0 Å². The minimum Gasteiger partial charge on any atom is -0.591 e. The Morgan fingerprint density at radius 1 is 1.42 bits per heavy atom. The zero-order valence-electron chi connectivity index (χ0n) is 6.46. The van der Waals surface area contributed by atoms with Crippen LogP contribution in [0.25, 0.3) is 0 Å². The average Bonchev–Trinajstić information content (AvgIpc) is 2.80. The van der Waals surface area contributed by atoms with E-state index in [0.29, 0.717) is 19.0 Å². The minimum absolute atomic E-state index is 0.300. The van der Waals surface area contributed by atoms with Crippen molar-refractivity contribution in [2.24, 2.45) is 0 Å². The molecule has 0 atom stereocenters. The molecule has 0 aliphatic carbocycles. The molecule has 5 heteroatoms. The minimum atomic E-state index is -0.300. The van der Waals surface area contributed by atoms with Crippen molar-refractivity contribution < 1.29 is 30.2 Å². The Kier molecular flexibility index (Phi) is 5.08. The second-order valence-electron chi connectivity index (χ2n) is 2.03. The molecule has 0 saturated carbocycles. The van der Waals surface area contributed by atoms with Crippen molar-refractivity contribution in [1.29, 1.82) is 0 Å². The fraction of sp³-hybridized carbons (Fsp3) is 0.429. The van der Waals surface area contributed by atoms with Crippen molar-refractivity contribution in [2.45, 2.75) is 6.29 Å². The van der Waals surface area contributed by atoms with Crippen LogP contribution in [0.3, 0.4) is 0 Å². The molecule has 2 heterocycles. The molecule has 0 spiro atoms. The van der Waals surface area contributed by atoms with Crippen LogP contribution in [-0.4, -0.2) is 13.2 Å². The molecule has 0 aromatic carbocycles. The van der Waals surface area contributed by atoms with E-state index in [-0.39, 0.29) is 6.29 Å². The van der Waals surface area contributed by atoms with Crippen LogP contribution in [0.2, 0.25) is 0 Å². The summed E-state index contributed by atoms with van der Waals surface area (Å²) in [6.45, 7) is 1.29. The fourth-order valence-corrected chi connectivity index (χ4v) is 0.902. The monoisotopic (exact) mass is 282 g/mol. The topological polar surface area (TPSA) is 31.6 Å². The van der Waals surface area contributed by atoms with E-state index in [2.05, 4.69) is 19.9 Å². The van der Waals surface area contributed by atoms with Gasteiger partial charge in [0.25, 0.3) is 0 Å². The number of hydrogen-bond acceptors (Lipinski definition) is 3. The third-order valence-electron chi connectivity index (χ3n) is 1.35. The number of ether oxygens (including phenoxy) is 2. The maximum Gasteiger partial charge on any atom is 0.158 e. The Labute approximate surface area is 87.4 Å². The second kappa shape index (κ2) is 5.87. The Balaban J connectivity index is 0.000000336. The molecule has 0 N–H and O–H groups in total. The molecular weight excluding hydrogens is 277 g/mol. The molecule has 1 aliphatic rings. The third kappa shape index (κ3) is 2.66. The van der Waals surface area contributed by atoms with Crippen LogP contribution in [0.5, 0.6) is 0 Å². The Morgan fingerprint density at radius 2 is 2.08 bits per heavy atom. The van der Waals surface area contributed by atoms with Crippen LogP contribution < -0.4 is 0 Å². The Hall–Kier alpha value is 0.303. The summed E-state index contributed by atoms with van der Waals surface area (Å²) < 4.78 is 15.3. The molecule has 1 aromatic heterocycles. The molecule has 0 bridgehead atoms. The van der Waals surface area contributed by atoms with Crippen molar-refractivity contribution in [2.75, 3.05) is 13.2 Å². The van der Waals surface area contributed by atoms with Crippen molar-refractivity contribution in [3.8, 4) is 0 Å². The summed E-state index contributed by atoms with van der Waals surface area (Å²) in [5.74, 6) is 0.692. The van der Waals surface area contributed by atoms with Crippen molar-refractivity contribution >= 4 is 13.6 Å². The molecule has 62 valence electrons. The first kappa shape index (κ1) is 10.4. The standard InChI is InChI=1S/C7H7O3.BrH.Zn/c1-2-6(8-3-1)7-9-4-5-10-7;;/h1-2,7H,4-5H2;1H;/q-1;;+2/p-1. The van der Waals surface area contributed by atoms with Gasteiger partial charge in [-0.2, -0.15) is 6.07 Å². The molecule has 1 aromatic rings. The van der Waals surface area contributed by atoms with Gasteiger partial charge in [-0.1, -0.05) is 0 Å². The second-order valence-corrected chi connectivity index (χ2v) is 2.03. The van der Waals surface area contributed by atoms with Crippen LogP contribution in [0.15, 0.2) is 16.5 Å². The fourth-order valence-electron chi connectivity index (χ4n) is 0.902. The molecule has 0 amide bonds. The summed E-state index contributed by atoms with van der Waals surface area (Å²) in [6.07, 6.45) is 2.27.